The maximum atomic E-state index is 5.79. The Morgan fingerprint density at radius 1 is 1.38 bits per heavy atom. The molecule has 2 unspecified atom stereocenters. The molecule has 2 atom stereocenters. The van der Waals surface area contributed by atoms with E-state index >= 15 is 0 Å². The van der Waals surface area contributed by atoms with E-state index in [2.05, 4.69) is 41.6 Å². The van der Waals surface area contributed by atoms with Crippen molar-refractivity contribution in [2.24, 2.45) is 0 Å². The van der Waals surface area contributed by atoms with Crippen LogP contribution in [-0.2, 0) is 0 Å². The Hall–Kier alpha value is -0.900. The van der Waals surface area contributed by atoms with Crippen molar-refractivity contribution in [1.82, 2.24) is 4.98 Å². The molecule has 0 amide bonds. The zero-order valence-electron chi connectivity index (χ0n) is 10.1. The van der Waals surface area contributed by atoms with Gasteiger partial charge >= 0.3 is 0 Å². The van der Waals surface area contributed by atoms with E-state index in [1.165, 1.54) is 0 Å². The predicted molar refractivity (Wildman–Crippen MR) is 72.1 cm³/mol. The molecule has 1 aromatic heterocycles. The summed E-state index contributed by atoms with van der Waals surface area (Å²) >= 11 is 2.05. The fourth-order valence-corrected chi connectivity index (χ4v) is 3.41. The van der Waals surface area contributed by atoms with Gasteiger partial charge in [-0.25, -0.2) is 4.98 Å². The van der Waals surface area contributed by atoms with Crippen LogP contribution in [0.3, 0.4) is 0 Å². The molecule has 1 saturated heterocycles. The number of nitrogen functional groups attached to an aromatic ring is 1. The number of anilines is 2. The van der Waals surface area contributed by atoms with Crippen LogP contribution in [0.15, 0.2) is 12.3 Å². The van der Waals surface area contributed by atoms with Gasteiger partial charge in [-0.05, 0) is 18.6 Å². The second-order valence-corrected chi connectivity index (χ2v) is 6.44. The van der Waals surface area contributed by atoms with Gasteiger partial charge in [0.1, 0.15) is 5.82 Å². The molecule has 0 radical (unpaired) electrons. The average molecular weight is 237 g/mol. The zero-order valence-corrected chi connectivity index (χ0v) is 10.9. The van der Waals surface area contributed by atoms with Crippen LogP contribution in [-0.4, -0.2) is 28.6 Å². The van der Waals surface area contributed by atoms with Crippen LogP contribution in [0, 0.1) is 6.92 Å². The summed E-state index contributed by atoms with van der Waals surface area (Å²) in [5.74, 6) is 1.06. The van der Waals surface area contributed by atoms with Crippen molar-refractivity contribution < 1.29 is 0 Å². The lowest BCUT2D eigenvalue weighted by Gasteiger charge is -2.35. The molecule has 16 heavy (non-hydrogen) atoms. The minimum absolute atomic E-state index is 0.670. The molecule has 4 heteroatoms. The van der Waals surface area contributed by atoms with E-state index in [-0.39, 0.29) is 0 Å². The summed E-state index contributed by atoms with van der Waals surface area (Å²) in [6, 6.07) is 2.09. The second kappa shape index (κ2) is 4.53. The first kappa shape index (κ1) is 11.6. The highest BCUT2D eigenvalue weighted by atomic mass is 32.2. The number of rotatable bonds is 1. The van der Waals surface area contributed by atoms with E-state index in [9.17, 15) is 0 Å². The maximum Gasteiger partial charge on any atom is 0.128 e. The zero-order chi connectivity index (χ0) is 11.7. The third-order valence-corrected chi connectivity index (χ3v) is 4.11. The molecule has 3 nitrogen and oxygen atoms in total. The fourth-order valence-electron chi connectivity index (χ4n) is 2.09. The van der Waals surface area contributed by atoms with E-state index < -0.39 is 0 Å². The van der Waals surface area contributed by atoms with Crippen molar-refractivity contribution in [2.45, 2.75) is 31.3 Å². The van der Waals surface area contributed by atoms with E-state index in [0.29, 0.717) is 10.5 Å². The Morgan fingerprint density at radius 3 is 2.56 bits per heavy atom. The number of thioether (sulfide) groups is 1. The highest BCUT2D eigenvalue weighted by Gasteiger charge is 2.23. The van der Waals surface area contributed by atoms with Gasteiger partial charge in [0.15, 0.2) is 0 Å². The van der Waals surface area contributed by atoms with Gasteiger partial charge < -0.3 is 10.6 Å². The number of hydrogen-bond acceptors (Lipinski definition) is 4. The molecule has 0 bridgehead atoms. The first-order valence-electron chi connectivity index (χ1n) is 5.69. The van der Waals surface area contributed by atoms with Crippen LogP contribution < -0.4 is 10.6 Å². The van der Waals surface area contributed by atoms with Crippen LogP contribution in [0.25, 0.3) is 0 Å². The van der Waals surface area contributed by atoms with Crippen LogP contribution >= 0.6 is 11.8 Å². The Kier molecular flexibility index (Phi) is 3.28. The van der Waals surface area contributed by atoms with Gasteiger partial charge in [0, 0.05) is 23.6 Å². The van der Waals surface area contributed by atoms with Crippen LogP contribution in [0.5, 0.6) is 0 Å². The van der Waals surface area contributed by atoms with Crippen LogP contribution in [0.2, 0.25) is 0 Å². The van der Waals surface area contributed by atoms with Crippen molar-refractivity contribution in [3.8, 4) is 0 Å². The molecule has 1 fully saturated rings. The molecule has 1 aliphatic rings. The van der Waals surface area contributed by atoms with E-state index in [4.69, 9.17) is 5.73 Å². The predicted octanol–water partition coefficient (Wildman–Crippen LogP) is 2.30. The quantitative estimate of drug-likeness (QED) is 0.814. The molecule has 0 saturated carbocycles. The Morgan fingerprint density at radius 2 is 2.00 bits per heavy atom. The fraction of sp³-hybridized carbons (Fsp3) is 0.583. The summed E-state index contributed by atoms with van der Waals surface area (Å²) in [5.41, 5.74) is 7.68. The van der Waals surface area contributed by atoms with Crippen LogP contribution in [0.4, 0.5) is 11.5 Å². The monoisotopic (exact) mass is 237 g/mol. The van der Waals surface area contributed by atoms with E-state index in [1.54, 1.807) is 6.20 Å². The molecule has 2 heterocycles. The van der Waals surface area contributed by atoms with Crippen molar-refractivity contribution in [2.75, 3.05) is 23.7 Å². The smallest absolute Gasteiger partial charge is 0.128 e. The van der Waals surface area contributed by atoms with Gasteiger partial charge in [-0.3, -0.25) is 0 Å². The van der Waals surface area contributed by atoms with Gasteiger partial charge in [-0.15, -0.1) is 0 Å². The van der Waals surface area contributed by atoms with Crippen molar-refractivity contribution in [1.29, 1.82) is 0 Å². The number of nitrogens with two attached hydrogens (primary N) is 1. The minimum atomic E-state index is 0.670. The first-order chi connectivity index (χ1) is 7.56. The number of nitrogens with zero attached hydrogens (tertiary/aromatic N) is 2. The van der Waals surface area contributed by atoms with Gasteiger partial charge in [0.25, 0.3) is 0 Å². The van der Waals surface area contributed by atoms with E-state index in [1.807, 2.05) is 6.92 Å². The molecular formula is C12H19N3S. The molecular weight excluding hydrogens is 218 g/mol. The van der Waals surface area contributed by atoms with Crippen LogP contribution in [0.1, 0.15) is 19.4 Å². The molecule has 0 spiro atoms. The SMILES string of the molecule is Cc1cc(N2CC(C)SC(C)C2)ncc1N. The molecule has 88 valence electrons. The standard InChI is InChI=1S/C12H19N3S/c1-8-4-12(14-5-11(8)13)15-6-9(2)16-10(3)7-15/h4-5,9-10H,6-7,13H2,1-3H3. The summed E-state index contributed by atoms with van der Waals surface area (Å²) in [5, 5.41) is 1.34. The normalized spacial score (nSPS) is 25.8. The van der Waals surface area contributed by atoms with Gasteiger partial charge in [0.05, 0.1) is 11.9 Å². The topological polar surface area (TPSA) is 42.2 Å². The Labute approximate surface area is 101 Å². The van der Waals surface area contributed by atoms with Crippen molar-refractivity contribution in [3.05, 3.63) is 17.8 Å². The van der Waals surface area contributed by atoms with Gasteiger partial charge in [0.2, 0.25) is 0 Å². The minimum Gasteiger partial charge on any atom is -0.397 e. The summed E-state index contributed by atoms with van der Waals surface area (Å²) < 4.78 is 0. The summed E-state index contributed by atoms with van der Waals surface area (Å²) in [6.45, 7) is 8.73. The lowest BCUT2D eigenvalue weighted by Crippen LogP contribution is -2.40. The third-order valence-electron chi connectivity index (χ3n) is 2.88. The van der Waals surface area contributed by atoms with Gasteiger partial charge in [-0.2, -0.15) is 11.8 Å². The number of aryl methyl sites for hydroxylation is 1. The van der Waals surface area contributed by atoms with Crippen molar-refractivity contribution in [3.63, 3.8) is 0 Å². The highest BCUT2D eigenvalue weighted by Crippen LogP contribution is 2.28. The van der Waals surface area contributed by atoms with Crippen molar-refractivity contribution >= 4 is 23.3 Å². The lowest BCUT2D eigenvalue weighted by molar-refractivity contribution is 0.718. The van der Waals surface area contributed by atoms with E-state index in [0.717, 1.165) is 30.2 Å². The molecule has 2 rings (SSSR count). The lowest BCUT2D eigenvalue weighted by atomic mass is 10.2. The Balaban J connectivity index is 2.19. The van der Waals surface area contributed by atoms with Gasteiger partial charge in [-0.1, -0.05) is 13.8 Å². The molecule has 1 aromatic rings. The first-order valence-corrected chi connectivity index (χ1v) is 6.63. The summed E-state index contributed by atoms with van der Waals surface area (Å²) in [6.07, 6.45) is 1.77. The molecule has 0 aromatic carbocycles. The molecule has 2 N–H and O–H groups in total. The number of aromatic nitrogens is 1. The largest absolute Gasteiger partial charge is 0.397 e. The summed E-state index contributed by atoms with van der Waals surface area (Å²) in [7, 11) is 0. The average Bonchev–Trinajstić information content (AvgIpc) is 2.20. The number of pyridine rings is 1. The molecule has 1 aliphatic heterocycles. The highest BCUT2D eigenvalue weighted by molar-refractivity contribution is 8.00. The maximum absolute atomic E-state index is 5.79. The summed E-state index contributed by atoms with van der Waals surface area (Å²) in [4.78, 5) is 6.78. The number of hydrogen-bond donors (Lipinski definition) is 1. The second-order valence-electron chi connectivity index (χ2n) is 4.56. The third kappa shape index (κ3) is 2.43. The Bertz CT molecular complexity index is 371. The molecule has 0 aliphatic carbocycles.